The van der Waals surface area contributed by atoms with E-state index in [2.05, 4.69) is 19.8 Å². The highest BCUT2D eigenvalue weighted by Gasteiger charge is 2.18. The molecular weight excluding hydrogens is 264 g/mol. The van der Waals surface area contributed by atoms with E-state index in [1.165, 1.54) is 103 Å². The molecule has 2 aliphatic carbocycles. The first kappa shape index (κ1) is 18.3. The lowest BCUT2D eigenvalue weighted by Crippen LogP contribution is -2.12. The first-order valence-corrected chi connectivity index (χ1v) is 10.5. The Balaban J connectivity index is 1.70. The minimum Gasteiger partial charge on any atom is -0.0625 e. The third-order valence-electron chi connectivity index (χ3n) is 6.05. The SMILES string of the molecule is CC(CC1CCC[CH]CCCC1)CC1CCC[CH]CCCC1. The molecule has 2 saturated carbocycles. The summed E-state index contributed by atoms with van der Waals surface area (Å²) in [5.74, 6) is 3.03. The van der Waals surface area contributed by atoms with E-state index < -0.39 is 0 Å². The van der Waals surface area contributed by atoms with Crippen molar-refractivity contribution in [2.24, 2.45) is 17.8 Å². The van der Waals surface area contributed by atoms with E-state index in [1.54, 1.807) is 0 Å². The molecule has 0 nitrogen and oxygen atoms in total. The monoisotopic (exact) mass is 304 g/mol. The molecule has 0 heteroatoms. The Kier molecular flexibility index (Phi) is 9.61. The van der Waals surface area contributed by atoms with Crippen molar-refractivity contribution in [2.75, 3.05) is 0 Å². The van der Waals surface area contributed by atoms with Gasteiger partial charge in [-0.1, -0.05) is 96.8 Å². The van der Waals surface area contributed by atoms with Crippen LogP contribution in [0.1, 0.15) is 110 Å². The Labute approximate surface area is 140 Å². The van der Waals surface area contributed by atoms with E-state index >= 15 is 0 Å². The van der Waals surface area contributed by atoms with Crippen molar-refractivity contribution in [1.82, 2.24) is 0 Å². The van der Waals surface area contributed by atoms with Crippen molar-refractivity contribution in [3.8, 4) is 0 Å². The Morgan fingerprint density at radius 1 is 0.636 bits per heavy atom. The van der Waals surface area contributed by atoms with E-state index in [9.17, 15) is 0 Å². The third kappa shape index (κ3) is 8.02. The molecule has 0 amide bonds. The molecule has 2 fully saturated rings. The predicted octanol–water partition coefficient (Wildman–Crippen LogP) is 7.53. The zero-order valence-corrected chi connectivity index (χ0v) is 15.2. The molecule has 0 bridgehead atoms. The molecule has 0 N–H and O–H groups in total. The fraction of sp³-hybridized carbons (Fsp3) is 0.909. The maximum Gasteiger partial charge on any atom is -0.0386 e. The molecule has 0 saturated heterocycles. The van der Waals surface area contributed by atoms with Crippen LogP contribution in [0.15, 0.2) is 0 Å². The standard InChI is InChI=1S/C22H40/c1-20(18-21-14-10-6-2-3-7-11-15-21)19-22-16-12-8-4-5-9-13-17-22/h2,4,20-22H,3,5-19H2,1H3. The van der Waals surface area contributed by atoms with Crippen LogP contribution in [0.25, 0.3) is 0 Å². The average molecular weight is 305 g/mol. The van der Waals surface area contributed by atoms with Gasteiger partial charge in [-0.3, -0.25) is 0 Å². The number of hydrogen-bond donors (Lipinski definition) is 0. The second kappa shape index (κ2) is 11.5. The van der Waals surface area contributed by atoms with Crippen LogP contribution in [0, 0.1) is 30.6 Å². The second-order valence-corrected chi connectivity index (χ2v) is 8.32. The molecule has 0 aliphatic heterocycles. The molecular formula is C22H40. The Morgan fingerprint density at radius 3 is 1.55 bits per heavy atom. The highest BCUT2D eigenvalue weighted by Crippen LogP contribution is 2.32. The van der Waals surface area contributed by atoms with E-state index in [0.29, 0.717) is 0 Å². The lowest BCUT2D eigenvalue weighted by atomic mass is 9.81. The fourth-order valence-electron chi connectivity index (χ4n) is 4.83. The topological polar surface area (TPSA) is 0 Å². The van der Waals surface area contributed by atoms with Crippen molar-refractivity contribution in [1.29, 1.82) is 0 Å². The second-order valence-electron chi connectivity index (χ2n) is 8.32. The summed E-state index contributed by atoms with van der Waals surface area (Å²) in [6.45, 7) is 2.55. The molecule has 22 heavy (non-hydrogen) atoms. The van der Waals surface area contributed by atoms with Crippen molar-refractivity contribution < 1.29 is 0 Å². The van der Waals surface area contributed by atoms with Gasteiger partial charge >= 0.3 is 0 Å². The molecule has 0 aromatic carbocycles. The first-order valence-electron chi connectivity index (χ1n) is 10.5. The van der Waals surface area contributed by atoms with Gasteiger partial charge < -0.3 is 0 Å². The minimum atomic E-state index is 0.962. The van der Waals surface area contributed by atoms with Gasteiger partial charge in [-0.2, -0.15) is 0 Å². The highest BCUT2D eigenvalue weighted by atomic mass is 14.2. The Hall–Kier alpha value is 0. The molecule has 0 aromatic heterocycles. The quantitative estimate of drug-likeness (QED) is 0.503. The largest absolute Gasteiger partial charge is 0.0625 e. The summed E-state index contributed by atoms with van der Waals surface area (Å²) in [6.07, 6.45) is 28.4. The van der Waals surface area contributed by atoms with Gasteiger partial charge in [0.25, 0.3) is 0 Å². The summed E-state index contributed by atoms with van der Waals surface area (Å²) in [7, 11) is 0. The molecule has 0 heterocycles. The van der Waals surface area contributed by atoms with Crippen LogP contribution in [-0.4, -0.2) is 0 Å². The Morgan fingerprint density at radius 2 is 1.05 bits per heavy atom. The summed E-state index contributed by atoms with van der Waals surface area (Å²) in [4.78, 5) is 0. The average Bonchev–Trinajstić information content (AvgIpc) is 2.71. The van der Waals surface area contributed by atoms with E-state index in [0.717, 1.165) is 17.8 Å². The van der Waals surface area contributed by atoms with E-state index in [1.807, 2.05) is 0 Å². The highest BCUT2D eigenvalue weighted by molar-refractivity contribution is 4.75. The number of hydrogen-bond acceptors (Lipinski definition) is 0. The molecule has 2 aliphatic rings. The third-order valence-corrected chi connectivity index (χ3v) is 6.05. The molecule has 2 rings (SSSR count). The van der Waals surface area contributed by atoms with Crippen molar-refractivity contribution in [3.05, 3.63) is 12.8 Å². The van der Waals surface area contributed by atoms with E-state index in [-0.39, 0.29) is 0 Å². The zero-order valence-electron chi connectivity index (χ0n) is 15.2. The lowest BCUT2D eigenvalue weighted by Gasteiger charge is -2.24. The van der Waals surface area contributed by atoms with E-state index in [4.69, 9.17) is 0 Å². The van der Waals surface area contributed by atoms with Crippen LogP contribution < -0.4 is 0 Å². The predicted molar refractivity (Wildman–Crippen MR) is 98.6 cm³/mol. The lowest BCUT2D eigenvalue weighted by molar-refractivity contribution is 0.275. The smallest absolute Gasteiger partial charge is 0.0386 e. The van der Waals surface area contributed by atoms with Crippen LogP contribution in [0.2, 0.25) is 0 Å². The van der Waals surface area contributed by atoms with Crippen molar-refractivity contribution >= 4 is 0 Å². The summed E-state index contributed by atoms with van der Waals surface area (Å²) >= 11 is 0. The van der Waals surface area contributed by atoms with Crippen LogP contribution in [0.3, 0.4) is 0 Å². The fourth-order valence-corrected chi connectivity index (χ4v) is 4.83. The van der Waals surface area contributed by atoms with Crippen LogP contribution >= 0.6 is 0 Å². The van der Waals surface area contributed by atoms with Gasteiger partial charge in [0, 0.05) is 0 Å². The van der Waals surface area contributed by atoms with Gasteiger partial charge in [0.1, 0.15) is 0 Å². The van der Waals surface area contributed by atoms with Gasteiger partial charge in [-0.25, -0.2) is 0 Å². The van der Waals surface area contributed by atoms with Gasteiger partial charge in [-0.15, -0.1) is 0 Å². The molecule has 2 unspecified atom stereocenters. The first-order chi connectivity index (χ1) is 10.8. The molecule has 0 aromatic rings. The summed E-state index contributed by atoms with van der Waals surface area (Å²) in [5.41, 5.74) is 0. The van der Waals surface area contributed by atoms with Crippen molar-refractivity contribution in [3.63, 3.8) is 0 Å². The normalized spacial score (nSPS) is 24.8. The van der Waals surface area contributed by atoms with Crippen LogP contribution in [0.5, 0.6) is 0 Å². The Bertz CT molecular complexity index is 211. The maximum absolute atomic E-state index is 2.55. The van der Waals surface area contributed by atoms with Crippen LogP contribution in [0.4, 0.5) is 0 Å². The van der Waals surface area contributed by atoms with Crippen molar-refractivity contribution in [2.45, 2.75) is 110 Å². The van der Waals surface area contributed by atoms with Crippen LogP contribution in [-0.2, 0) is 0 Å². The summed E-state index contributed by atoms with van der Waals surface area (Å²) in [5, 5.41) is 0. The molecule has 128 valence electrons. The zero-order chi connectivity index (χ0) is 15.5. The summed E-state index contributed by atoms with van der Waals surface area (Å²) in [6, 6.07) is 0. The van der Waals surface area contributed by atoms with Gasteiger partial charge in [0.05, 0.1) is 0 Å². The maximum atomic E-state index is 2.55. The van der Waals surface area contributed by atoms with Gasteiger partial charge in [-0.05, 0) is 43.4 Å². The van der Waals surface area contributed by atoms with Gasteiger partial charge in [0.15, 0.2) is 0 Å². The minimum absolute atomic E-state index is 0.962. The number of rotatable bonds is 4. The molecule has 2 radical (unpaired) electrons. The van der Waals surface area contributed by atoms with Gasteiger partial charge in [0.2, 0.25) is 0 Å². The molecule has 2 atom stereocenters. The molecule has 0 spiro atoms. The summed E-state index contributed by atoms with van der Waals surface area (Å²) < 4.78 is 0.